The number of hydrogen-bond acceptors (Lipinski definition) is 16. The summed E-state index contributed by atoms with van der Waals surface area (Å²) in [6.07, 6.45) is -5.75. The van der Waals surface area contributed by atoms with Crippen LogP contribution in [0.25, 0.3) is 22.3 Å². The third-order valence-electron chi connectivity index (χ3n) is 10.0. The van der Waals surface area contributed by atoms with Crippen LogP contribution in [0.5, 0.6) is 0 Å². The number of anilines is 2. The number of rotatable bonds is 4. The van der Waals surface area contributed by atoms with Crippen molar-refractivity contribution in [1.82, 2.24) is 39.0 Å². The van der Waals surface area contributed by atoms with Crippen LogP contribution in [-0.4, -0.2) is 101 Å². The first-order valence-electron chi connectivity index (χ1n) is 16.2. The number of hydrogen-bond donors (Lipinski definition) is 5. The molecule has 7 N–H and O–H groups in total. The number of imidazole rings is 2. The van der Waals surface area contributed by atoms with Crippen LogP contribution in [0.3, 0.4) is 0 Å². The fourth-order valence-corrected chi connectivity index (χ4v) is 9.78. The Morgan fingerprint density at radius 2 is 1.63 bits per heavy atom. The first-order valence-corrected chi connectivity index (χ1v) is 22.1. The molecule has 25 heteroatoms. The molecule has 52 heavy (non-hydrogen) atoms. The highest BCUT2D eigenvalue weighted by atomic mass is 31.2. The van der Waals surface area contributed by atoms with Crippen LogP contribution in [0.2, 0.25) is 18.1 Å². The lowest BCUT2D eigenvalue weighted by atomic mass is 10.1. The molecule has 2 unspecified atom stereocenters. The minimum Gasteiger partial charge on any atom is -0.411 e. The minimum atomic E-state index is -5.09. The summed E-state index contributed by atoms with van der Waals surface area (Å²) in [5, 5.41) is -0.358. The quantitative estimate of drug-likeness (QED) is 0.146. The zero-order valence-electron chi connectivity index (χ0n) is 28.6. The van der Waals surface area contributed by atoms with Gasteiger partial charge in [0.1, 0.15) is 30.2 Å². The van der Waals surface area contributed by atoms with Crippen molar-refractivity contribution in [3.8, 4) is 0 Å². The van der Waals surface area contributed by atoms with E-state index in [0.29, 0.717) is 0 Å². The summed E-state index contributed by atoms with van der Waals surface area (Å²) in [5.74, 6) is -0.974. The Morgan fingerprint density at radius 1 is 0.981 bits per heavy atom. The second-order valence-corrected chi connectivity index (χ2v) is 22.0. The molecule has 284 valence electrons. The zero-order valence-corrected chi connectivity index (χ0v) is 31.4. The fourth-order valence-electron chi connectivity index (χ4n) is 6.46. The van der Waals surface area contributed by atoms with Gasteiger partial charge in [-0.3, -0.25) is 32.4 Å². The average Bonchev–Trinajstić information content (AvgIpc) is 3.80. The molecule has 0 aromatic carbocycles. The van der Waals surface area contributed by atoms with Gasteiger partial charge in [-0.05, 0) is 24.6 Å². The van der Waals surface area contributed by atoms with E-state index in [1.165, 1.54) is 21.8 Å². The highest BCUT2D eigenvalue weighted by Gasteiger charge is 2.56. The molecule has 1 aliphatic carbocycles. The molecule has 7 rings (SSSR count). The molecular weight excluding hydrogens is 749 g/mol. The van der Waals surface area contributed by atoms with Gasteiger partial charge < -0.3 is 35.0 Å². The SMILES string of the molecule is CC(C)(C)[Si](C)(C)O[C@@H]1[C@H]2COP(=O)(O)O[C@H]3[C@@H](F)[C@H](n4cnc5c(N)ncnc54)O[C@@H]3COP(=O)(O)O[C@H]1[C@H](n1cnc3c(=O)[nH]c(N)nc31)C2. The molecule has 1 saturated carbocycles. The number of nitrogens with two attached hydrogens (primary N) is 2. The number of alkyl halides is 1. The van der Waals surface area contributed by atoms with Gasteiger partial charge in [0.25, 0.3) is 5.56 Å². The Bertz CT molecular complexity index is 2160. The van der Waals surface area contributed by atoms with E-state index in [1.54, 1.807) is 0 Å². The first kappa shape index (κ1) is 37.1. The lowest BCUT2D eigenvalue weighted by Crippen LogP contribution is -2.49. The molecule has 0 spiro atoms. The number of fused-ring (bicyclic) bond motifs is 5. The fraction of sp³-hybridized carbons (Fsp3) is 0.630. The molecule has 6 heterocycles. The van der Waals surface area contributed by atoms with Crippen LogP contribution in [0, 0.1) is 5.92 Å². The molecule has 10 atom stereocenters. The van der Waals surface area contributed by atoms with Gasteiger partial charge in [-0.15, -0.1) is 0 Å². The van der Waals surface area contributed by atoms with Crippen molar-refractivity contribution in [2.75, 3.05) is 24.7 Å². The zero-order chi connectivity index (χ0) is 37.5. The van der Waals surface area contributed by atoms with Crippen LogP contribution in [0.15, 0.2) is 23.8 Å². The van der Waals surface area contributed by atoms with E-state index >= 15 is 4.39 Å². The lowest BCUT2D eigenvalue weighted by Gasteiger charge is -2.41. The van der Waals surface area contributed by atoms with Crippen molar-refractivity contribution in [3.05, 3.63) is 29.3 Å². The van der Waals surface area contributed by atoms with E-state index in [9.17, 15) is 23.7 Å². The Balaban J connectivity index is 1.27. The van der Waals surface area contributed by atoms with Crippen molar-refractivity contribution < 1.29 is 50.6 Å². The van der Waals surface area contributed by atoms with Crippen molar-refractivity contribution in [3.63, 3.8) is 0 Å². The Morgan fingerprint density at radius 3 is 2.35 bits per heavy atom. The molecule has 3 aliphatic rings. The lowest BCUT2D eigenvalue weighted by molar-refractivity contribution is -0.0504. The Hall–Kier alpha value is -3.21. The number of H-pyrrole nitrogens is 1. The molecule has 0 radical (unpaired) electrons. The summed E-state index contributed by atoms with van der Waals surface area (Å²) >= 11 is 0. The minimum absolute atomic E-state index is 0.0180. The highest BCUT2D eigenvalue weighted by molar-refractivity contribution is 7.47. The number of nitrogens with zero attached hydrogens (tertiary/aromatic N) is 7. The first-order chi connectivity index (χ1) is 24.3. The summed E-state index contributed by atoms with van der Waals surface area (Å²) in [7, 11) is -12.9. The number of nitrogens with one attached hydrogen (secondary N) is 1. The number of ether oxygens (including phenoxy) is 1. The van der Waals surface area contributed by atoms with Crippen LogP contribution in [0.4, 0.5) is 16.2 Å². The number of aromatic amines is 1. The summed E-state index contributed by atoms with van der Waals surface area (Å²) in [4.78, 5) is 57.7. The van der Waals surface area contributed by atoms with E-state index in [4.69, 9.17) is 38.7 Å². The standard InChI is InChI=1S/C27H39FN10O11P2Si/c1-27(2,3)52(4,5)49-18-12-6-13(37-10-34-17-23(37)35-26(30)36-24(17)39)19(18)47-51(42,43)45-8-14-20(48-50(40,41)44-7-12)15(28)25(46-14)38-11-33-16-21(29)31-9-32-22(16)38/h9-15,18-20,25H,6-8H2,1-5H3,(H,40,41)(H,42,43)(H2,29,31,32)(H3,30,35,36,39)/t12-,13-,14-,15-,18-,19+,20-,25-/m1/s1. The van der Waals surface area contributed by atoms with Crippen molar-refractivity contribution in [2.24, 2.45) is 5.92 Å². The molecule has 4 aromatic heterocycles. The maximum absolute atomic E-state index is 16.2. The number of nitrogen functional groups attached to an aromatic ring is 2. The predicted molar refractivity (Wildman–Crippen MR) is 182 cm³/mol. The number of phosphoric ester groups is 2. The van der Waals surface area contributed by atoms with Crippen molar-refractivity contribution in [1.29, 1.82) is 0 Å². The van der Waals surface area contributed by atoms with Crippen LogP contribution >= 0.6 is 15.6 Å². The average molecular weight is 789 g/mol. The van der Waals surface area contributed by atoms with E-state index in [1.807, 2.05) is 33.9 Å². The van der Waals surface area contributed by atoms with E-state index in [-0.39, 0.29) is 45.6 Å². The normalized spacial score (nSPS) is 34.9. The summed E-state index contributed by atoms with van der Waals surface area (Å²) < 4.78 is 81.2. The van der Waals surface area contributed by atoms with Crippen LogP contribution < -0.4 is 17.0 Å². The number of phosphoric acid groups is 2. The molecule has 4 aromatic rings. The molecule has 3 fully saturated rings. The molecule has 0 amide bonds. The van der Waals surface area contributed by atoms with E-state index < -0.39 is 91.5 Å². The third-order valence-corrected chi connectivity index (χ3v) is 16.5. The van der Waals surface area contributed by atoms with Gasteiger partial charge in [-0.25, -0.2) is 33.5 Å². The number of halogens is 1. The smallest absolute Gasteiger partial charge is 0.411 e. The topological polar surface area (TPSA) is 289 Å². The van der Waals surface area contributed by atoms with Gasteiger partial charge in [0.05, 0.1) is 38.0 Å². The van der Waals surface area contributed by atoms with Gasteiger partial charge in [0.15, 0.2) is 43.3 Å². The van der Waals surface area contributed by atoms with Crippen molar-refractivity contribution in [2.45, 2.75) is 88.2 Å². The summed E-state index contributed by atoms with van der Waals surface area (Å²) in [6, 6.07) is -0.910. The van der Waals surface area contributed by atoms with Gasteiger partial charge in [0.2, 0.25) is 5.95 Å². The third kappa shape index (κ3) is 6.72. The number of aromatic nitrogens is 8. The maximum Gasteiger partial charge on any atom is 0.472 e. The Labute approximate surface area is 295 Å². The van der Waals surface area contributed by atoms with Gasteiger partial charge in [-0.1, -0.05) is 20.8 Å². The molecule has 2 bridgehead atoms. The van der Waals surface area contributed by atoms with Gasteiger partial charge in [-0.2, -0.15) is 4.98 Å². The largest absolute Gasteiger partial charge is 0.472 e. The predicted octanol–water partition coefficient (Wildman–Crippen LogP) is 2.33. The molecule has 2 aliphatic heterocycles. The molecule has 21 nitrogen and oxygen atoms in total. The maximum atomic E-state index is 16.2. The monoisotopic (exact) mass is 788 g/mol. The molecule has 2 saturated heterocycles. The van der Waals surface area contributed by atoms with Gasteiger partial charge >= 0.3 is 15.6 Å². The second kappa shape index (κ2) is 13.0. The molecular formula is C27H39FN10O11P2Si. The van der Waals surface area contributed by atoms with E-state index in [0.717, 1.165) is 6.33 Å². The van der Waals surface area contributed by atoms with Gasteiger partial charge in [0, 0.05) is 5.92 Å². The van der Waals surface area contributed by atoms with Crippen molar-refractivity contribution >= 4 is 58.1 Å². The summed E-state index contributed by atoms with van der Waals surface area (Å²) in [6.45, 7) is 8.53. The van der Waals surface area contributed by atoms with Crippen LogP contribution in [-0.2, 0) is 36.4 Å². The Kier molecular flexibility index (Phi) is 9.26. The van der Waals surface area contributed by atoms with Crippen LogP contribution in [0.1, 0.15) is 39.5 Å². The van der Waals surface area contributed by atoms with E-state index in [2.05, 4.69) is 29.9 Å². The summed E-state index contributed by atoms with van der Waals surface area (Å²) in [5.41, 5.74) is 11.3. The second-order valence-electron chi connectivity index (χ2n) is 14.4. The highest BCUT2D eigenvalue weighted by Crippen LogP contribution is 2.56.